The average Bonchev–Trinajstić information content (AvgIpc) is 2.63. The van der Waals surface area contributed by atoms with Crippen LogP contribution in [-0.4, -0.2) is 43.3 Å². The minimum Gasteiger partial charge on any atom is -0.395 e. The van der Waals surface area contributed by atoms with Crippen molar-refractivity contribution < 1.29 is 14.6 Å². The summed E-state index contributed by atoms with van der Waals surface area (Å²) in [6.45, 7) is 4.34. The normalized spacial score (nSPS) is 18.3. The summed E-state index contributed by atoms with van der Waals surface area (Å²) in [6, 6.07) is 8.10. The summed E-state index contributed by atoms with van der Waals surface area (Å²) in [5, 5.41) is 13.1. The first kappa shape index (κ1) is 19.6. The first-order valence-corrected chi connectivity index (χ1v) is 9.65. The Labute approximate surface area is 153 Å². The fourth-order valence-corrected chi connectivity index (χ4v) is 3.63. The summed E-state index contributed by atoms with van der Waals surface area (Å²) in [7, 11) is 0. The maximum atomic E-state index is 12.3. The van der Waals surface area contributed by atoms with Crippen LogP contribution in [0.1, 0.15) is 44.1 Å². The predicted octanol–water partition coefficient (Wildman–Crippen LogP) is 3.28. The van der Waals surface area contributed by atoms with E-state index in [2.05, 4.69) is 21.2 Å². The van der Waals surface area contributed by atoms with Crippen LogP contribution in [0.2, 0.25) is 0 Å². The first-order chi connectivity index (χ1) is 11.7. The smallest absolute Gasteiger partial charge is 0.140 e. The van der Waals surface area contributed by atoms with E-state index < -0.39 is 0 Å². The standard InChI is InChI=1S/C19H28BrNO3/c1-2-19(23)17(14-3-5-16(20)6-4-14)7-10-21-18(13-22)15-8-11-24-12-9-15/h3-6,15,17-18,21-22H,2,7-13H2,1H3/t17-,18?/m1/s1. The van der Waals surface area contributed by atoms with E-state index in [-0.39, 0.29) is 24.3 Å². The predicted molar refractivity (Wildman–Crippen MR) is 99.2 cm³/mol. The molecule has 134 valence electrons. The van der Waals surface area contributed by atoms with Crippen LogP contribution in [0, 0.1) is 5.92 Å². The van der Waals surface area contributed by atoms with Crippen LogP contribution in [0.4, 0.5) is 0 Å². The van der Waals surface area contributed by atoms with Crippen molar-refractivity contribution in [1.29, 1.82) is 0 Å². The molecule has 24 heavy (non-hydrogen) atoms. The number of hydrogen-bond acceptors (Lipinski definition) is 4. The second-order valence-electron chi connectivity index (χ2n) is 6.41. The van der Waals surface area contributed by atoms with Gasteiger partial charge in [-0.3, -0.25) is 4.79 Å². The van der Waals surface area contributed by atoms with E-state index in [0.29, 0.717) is 12.3 Å². The molecule has 0 aromatic heterocycles. The number of Topliss-reactive ketones (excluding diaryl/α,β-unsaturated/α-hetero) is 1. The van der Waals surface area contributed by atoms with Crippen LogP contribution in [0.3, 0.4) is 0 Å². The van der Waals surface area contributed by atoms with E-state index in [0.717, 1.165) is 49.1 Å². The molecule has 5 heteroatoms. The Kier molecular flexibility index (Phi) is 8.39. The van der Waals surface area contributed by atoms with Crippen LogP contribution in [0.25, 0.3) is 0 Å². The largest absolute Gasteiger partial charge is 0.395 e. The van der Waals surface area contributed by atoms with Crippen LogP contribution in [0.15, 0.2) is 28.7 Å². The quantitative estimate of drug-likeness (QED) is 0.671. The molecular formula is C19H28BrNO3. The Hall–Kier alpha value is -0.750. The lowest BCUT2D eigenvalue weighted by Gasteiger charge is -2.30. The minimum atomic E-state index is -0.0790. The van der Waals surface area contributed by atoms with E-state index in [9.17, 15) is 9.90 Å². The lowest BCUT2D eigenvalue weighted by molar-refractivity contribution is -0.120. The Morgan fingerprint density at radius 2 is 2.00 bits per heavy atom. The molecule has 2 N–H and O–H groups in total. The van der Waals surface area contributed by atoms with Crippen molar-refractivity contribution in [2.75, 3.05) is 26.4 Å². The van der Waals surface area contributed by atoms with Crippen LogP contribution in [-0.2, 0) is 9.53 Å². The summed E-state index contributed by atoms with van der Waals surface area (Å²) >= 11 is 3.44. The van der Waals surface area contributed by atoms with Crippen molar-refractivity contribution in [3.63, 3.8) is 0 Å². The Morgan fingerprint density at radius 1 is 1.33 bits per heavy atom. The van der Waals surface area contributed by atoms with Gasteiger partial charge in [0.1, 0.15) is 5.78 Å². The van der Waals surface area contributed by atoms with Crippen LogP contribution in [0.5, 0.6) is 0 Å². The topological polar surface area (TPSA) is 58.6 Å². The van der Waals surface area contributed by atoms with E-state index in [1.807, 2.05) is 31.2 Å². The number of carbonyl (C=O) groups excluding carboxylic acids is 1. The van der Waals surface area contributed by atoms with Gasteiger partial charge in [0.05, 0.1) is 6.61 Å². The molecule has 0 saturated carbocycles. The van der Waals surface area contributed by atoms with E-state index in [1.54, 1.807) is 0 Å². The number of ketones is 1. The number of hydrogen-bond donors (Lipinski definition) is 2. The summed E-state index contributed by atoms with van der Waals surface area (Å²) in [6.07, 6.45) is 3.28. The number of carbonyl (C=O) groups is 1. The highest BCUT2D eigenvalue weighted by molar-refractivity contribution is 9.10. The molecule has 1 saturated heterocycles. The first-order valence-electron chi connectivity index (χ1n) is 8.85. The molecule has 4 nitrogen and oxygen atoms in total. The maximum absolute atomic E-state index is 12.3. The molecule has 1 heterocycles. The molecule has 1 unspecified atom stereocenters. The lowest BCUT2D eigenvalue weighted by atomic mass is 9.89. The third-order valence-electron chi connectivity index (χ3n) is 4.88. The van der Waals surface area contributed by atoms with Crippen molar-refractivity contribution in [2.45, 2.75) is 44.6 Å². The number of benzene rings is 1. The minimum absolute atomic E-state index is 0.0790. The molecule has 2 atom stereocenters. The fraction of sp³-hybridized carbons (Fsp3) is 0.632. The number of nitrogens with one attached hydrogen (secondary N) is 1. The highest BCUT2D eigenvalue weighted by Crippen LogP contribution is 2.24. The van der Waals surface area contributed by atoms with Gasteiger partial charge in [0.25, 0.3) is 0 Å². The zero-order valence-corrected chi connectivity index (χ0v) is 15.9. The van der Waals surface area contributed by atoms with Crippen LogP contribution < -0.4 is 5.32 Å². The molecule has 1 fully saturated rings. The van der Waals surface area contributed by atoms with Gasteiger partial charge >= 0.3 is 0 Å². The average molecular weight is 398 g/mol. The van der Waals surface area contributed by atoms with Gasteiger partial charge in [0, 0.05) is 36.1 Å². The SMILES string of the molecule is CCC(=O)[C@H](CCNC(CO)C1CCOCC1)c1ccc(Br)cc1. The van der Waals surface area contributed by atoms with Gasteiger partial charge in [0.2, 0.25) is 0 Å². The zero-order chi connectivity index (χ0) is 17.4. The summed E-state index contributed by atoms with van der Waals surface area (Å²) in [5.41, 5.74) is 1.07. The second kappa shape index (κ2) is 10.3. The number of ether oxygens (including phenoxy) is 1. The van der Waals surface area contributed by atoms with Gasteiger partial charge in [-0.2, -0.15) is 0 Å². The van der Waals surface area contributed by atoms with Crippen molar-refractivity contribution in [2.24, 2.45) is 5.92 Å². The second-order valence-corrected chi connectivity index (χ2v) is 7.32. The Morgan fingerprint density at radius 3 is 2.58 bits per heavy atom. The molecule has 1 aliphatic rings. The van der Waals surface area contributed by atoms with Crippen molar-refractivity contribution in [3.05, 3.63) is 34.3 Å². The summed E-state index contributed by atoms with van der Waals surface area (Å²) < 4.78 is 6.41. The Balaban J connectivity index is 1.92. The fourth-order valence-electron chi connectivity index (χ4n) is 3.37. The molecule has 2 rings (SSSR count). The Bertz CT molecular complexity index is 500. The van der Waals surface area contributed by atoms with Gasteiger partial charge in [-0.15, -0.1) is 0 Å². The number of aliphatic hydroxyl groups is 1. The number of halogens is 1. The molecule has 1 aliphatic heterocycles. The molecule has 0 spiro atoms. The third-order valence-corrected chi connectivity index (χ3v) is 5.41. The van der Waals surface area contributed by atoms with E-state index in [4.69, 9.17) is 4.74 Å². The van der Waals surface area contributed by atoms with Gasteiger partial charge in [0.15, 0.2) is 0 Å². The molecule has 1 aromatic rings. The highest BCUT2D eigenvalue weighted by Gasteiger charge is 2.24. The van der Waals surface area contributed by atoms with Crippen LogP contribution >= 0.6 is 15.9 Å². The van der Waals surface area contributed by atoms with Crippen molar-refractivity contribution in [3.8, 4) is 0 Å². The maximum Gasteiger partial charge on any atom is 0.140 e. The van der Waals surface area contributed by atoms with Gasteiger partial charge in [-0.25, -0.2) is 0 Å². The zero-order valence-electron chi connectivity index (χ0n) is 14.3. The summed E-state index contributed by atoms with van der Waals surface area (Å²) in [4.78, 5) is 12.3. The van der Waals surface area contributed by atoms with E-state index >= 15 is 0 Å². The highest BCUT2D eigenvalue weighted by atomic mass is 79.9. The molecule has 0 amide bonds. The van der Waals surface area contributed by atoms with Gasteiger partial charge in [-0.05, 0) is 49.4 Å². The number of rotatable bonds is 9. The van der Waals surface area contributed by atoms with E-state index in [1.165, 1.54) is 0 Å². The molecule has 1 aromatic carbocycles. The third kappa shape index (κ3) is 5.66. The number of aliphatic hydroxyl groups excluding tert-OH is 1. The lowest BCUT2D eigenvalue weighted by Crippen LogP contribution is -2.42. The monoisotopic (exact) mass is 397 g/mol. The molecule has 0 aliphatic carbocycles. The molecule has 0 bridgehead atoms. The van der Waals surface area contributed by atoms with Gasteiger partial charge < -0.3 is 15.2 Å². The summed E-state index contributed by atoms with van der Waals surface area (Å²) in [5.74, 6) is 0.645. The molecular weight excluding hydrogens is 370 g/mol. The molecule has 0 radical (unpaired) electrons. The van der Waals surface area contributed by atoms with Gasteiger partial charge in [-0.1, -0.05) is 35.0 Å². The van der Waals surface area contributed by atoms with Crippen molar-refractivity contribution >= 4 is 21.7 Å². The van der Waals surface area contributed by atoms with Crippen molar-refractivity contribution in [1.82, 2.24) is 5.32 Å².